The highest BCUT2D eigenvalue weighted by atomic mass is 14.9. The van der Waals surface area contributed by atoms with E-state index in [1.165, 1.54) is 30.5 Å². The fourth-order valence-electron chi connectivity index (χ4n) is 1.78. The van der Waals surface area contributed by atoms with Gasteiger partial charge in [-0.15, -0.1) is 0 Å². The highest BCUT2D eigenvalue weighted by Crippen LogP contribution is 2.12. The highest BCUT2D eigenvalue weighted by Gasteiger charge is 2.05. The Morgan fingerprint density at radius 1 is 1.19 bits per heavy atom. The van der Waals surface area contributed by atoms with E-state index >= 15 is 0 Å². The summed E-state index contributed by atoms with van der Waals surface area (Å²) >= 11 is 0. The van der Waals surface area contributed by atoms with Gasteiger partial charge < -0.3 is 11.1 Å². The lowest BCUT2D eigenvalue weighted by atomic mass is 10.1. The van der Waals surface area contributed by atoms with Crippen LogP contribution < -0.4 is 11.1 Å². The Labute approximate surface area is 99.2 Å². The molecule has 2 nitrogen and oxygen atoms in total. The van der Waals surface area contributed by atoms with Gasteiger partial charge in [0.05, 0.1) is 0 Å². The van der Waals surface area contributed by atoms with Crippen LogP contribution in [0.4, 0.5) is 5.69 Å². The van der Waals surface area contributed by atoms with Crippen molar-refractivity contribution in [2.75, 3.05) is 11.9 Å². The number of nitrogens with two attached hydrogens (primary N) is 1. The Morgan fingerprint density at radius 2 is 1.88 bits per heavy atom. The van der Waals surface area contributed by atoms with Gasteiger partial charge >= 0.3 is 0 Å². The molecule has 0 aliphatic carbocycles. The second-order valence-corrected chi connectivity index (χ2v) is 4.44. The van der Waals surface area contributed by atoms with Crippen molar-refractivity contribution in [2.24, 2.45) is 5.73 Å². The summed E-state index contributed by atoms with van der Waals surface area (Å²) in [6.45, 7) is 5.04. The third kappa shape index (κ3) is 4.67. The zero-order valence-electron chi connectivity index (χ0n) is 10.5. The molecule has 1 unspecified atom stereocenters. The molecule has 0 bridgehead atoms. The van der Waals surface area contributed by atoms with Crippen molar-refractivity contribution in [3.05, 3.63) is 29.8 Å². The van der Waals surface area contributed by atoms with Crippen LogP contribution in [0.25, 0.3) is 0 Å². The van der Waals surface area contributed by atoms with Crippen molar-refractivity contribution >= 4 is 5.69 Å². The summed E-state index contributed by atoms with van der Waals surface area (Å²) in [7, 11) is 0. The van der Waals surface area contributed by atoms with Gasteiger partial charge in [0, 0.05) is 18.3 Å². The first-order valence-corrected chi connectivity index (χ1v) is 6.29. The summed E-state index contributed by atoms with van der Waals surface area (Å²) in [5, 5.41) is 3.49. The summed E-state index contributed by atoms with van der Waals surface area (Å²) in [4.78, 5) is 0. The summed E-state index contributed by atoms with van der Waals surface area (Å²) in [6.07, 6.45) is 4.99. The van der Waals surface area contributed by atoms with Gasteiger partial charge in [-0.3, -0.25) is 0 Å². The molecule has 3 N–H and O–H groups in total. The number of aryl methyl sites for hydroxylation is 1. The molecule has 0 saturated carbocycles. The van der Waals surface area contributed by atoms with Crippen LogP contribution in [-0.2, 0) is 0 Å². The fraction of sp³-hybridized carbons (Fsp3) is 0.571. The highest BCUT2D eigenvalue weighted by molar-refractivity contribution is 5.45. The van der Waals surface area contributed by atoms with Crippen LogP contribution in [-0.4, -0.2) is 12.6 Å². The Hall–Kier alpha value is -1.02. The van der Waals surface area contributed by atoms with E-state index in [1.54, 1.807) is 0 Å². The number of rotatable bonds is 7. The van der Waals surface area contributed by atoms with Gasteiger partial charge in [-0.2, -0.15) is 0 Å². The molecule has 0 aliphatic rings. The maximum Gasteiger partial charge on any atom is 0.0383 e. The van der Waals surface area contributed by atoms with E-state index in [0.717, 1.165) is 6.42 Å². The van der Waals surface area contributed by atoms with E-state index in [-0.39, 0.29) is 0 Å². The van der Waals surface area contributed by atoms with Gasteiger partial charge in [-0.25, -0.2) is 0 Å². The first-order chi connectivity index (χ1) is 7.76. The third-order valence-electron chi connectivity index (χ3n) is 2.86. The predicted octanol–water partition coefficient (Wildman–Crippen LogP) is 3.31. The fourth-order valence-corrected chi connectivity index (χ4v) is 1.78. The van der Waals surface area contributed by atoms with Gasteiger partial charge in [-0.05, 0) is 25.5 Å². The Morgan fingerprint density at radius 3 is 2.44 bits per heavy atom. The third-order valence-corrected chi connectivity index (χ3v) is 2.86. The molecule has 0 amide bonds. The molecule has 1 rings (SSSR count). The van der Waals surface area contributed by atoms with Crippen LogP contribution in [0.1, 0.15) is 38.2 Å². The van der Waals surface area contributed by atoms with E-state index in [9.17, 15) is 0 Å². The van der Waals surface area contributed by atoms with Gasteiger partial charge in [0.25, 0.3) is 0 Å². The van der Waals surface area contributed by atoms with Crippen LogP contribution in [0, 0.1) is 6.92 Å². The van der Waals surface area contributed by atoms with E-state index < -0.39 is 0 Å². The predicted molar refractivity (Wildman–Crippen MR) is 71.8 cm³/mol. The average molecular weight is 220 g/mol. The number of unbranched alkanes of at least 4 members (excludes halogenated alkanes) is 2. The number of hydrogen-bond donors (Lipinski definition) is 2. The molecule has 0 heterocycles. The molecule has 1 aromatic rings. The van der Waals surface area contributed by atoms with Crippen LogP contribution in [0.3, 0.4) is 0 Å². The second kappa shape index (κ2) is 7.29. The van der Waals surface area contributed by atoms with Gasteiger partial charge in [-0.1, -0.05) is 43.9 Å². The molecule has 1 atom stereocenters. The summed E-state index contributed by atoms with van der Waals surface area (Å²) in [5.74, 6) is 0. The van der Waals surface area contributed by atoms with E-state index in [4.69, 9.17) is 5.73 Å². The topological polar surface area (TPSA) is 38.0 Å². The van der Waals surface area contributed by atoms with Crippen LogP contribution in [0.15, 0.2) is 24.3 Å². The molecule has 16 heavy (non-hydrogen) atoms. The van der Waals surface area contributed by atoms with Gasteiger partial charge in [0.1, 0.15) is 0 Å². The number of nitrogens with one attached hydrogen (secondary N) is 1. The lowest BCUT2D eigenvalue weighted by Gasteiger charge is -2.18. The average Bonchev–Trinajstić information content (AvgIpc) is 2.31. The monoisotopic (exact) mass is 220 g/mol. The van der Waals surface area contributed by atoms with Crippen LogP contribution in [0.2, 0.25) is 0 Å². The summed E-state index contributed by atoms with van der Waals surface area (Å²) in [5.41, 5.74) is 8.24. The van der Waals surface area contributed by atoms with Crippen molar-refractivity contribution < 1.29 is 0 Å². The minimum Gasteiger partial charge on any atom is -0.381 e. The Bertz CT molecular complexity index is 279. The van der Waals surface area contributed by atoms with E-state index in [1.807, 2.05) is 0 Å². The van der Waals surface area contributed by atoms with E-state index in [0.29, 0.717) is 12.6 Å². The smallest absolute Gasteiger partial charge is 0.0383 e. The molecule has 0 spiro atoms. The number of anilines is 1. The molecule has 90 valence electrons. The van der Waals surface area contributed by atoms with Gasteiger partial charge in [0.2, 0.25) is 0 Å². The molecule has 1 aromatic carbocycles. The van der Waals surface area contributed by atoms with E-state index in [2.05, 4.69) is 43.4 Å². The van der Waals surface area contributed by atoms with Crippen molar-refractivity contribution in [1.82, 2.24) is 0 Å². The van der Waals surface area contributed by atoms with Crippen molar-refractivity contribution in [1.29, 1.82) is 0 Å². The van der Waals surface area contributed by atoms with Crippen molar-refractivity contribution in [2.45, 2.75) is 45.6 Å². The standard InChI is InChI=1S/C14H24N2/c1-3-4-5-6-14(11-15)16-13-9-7-12(2)8-10-13/h7-10,14,16H,3-6,11,15H2,1-2H3. The van der Waals surface area contributed by atoms with Crippen molar-refractivity contribution in [3.8, 4) is 0 Å². The SMILES string of the molecule is CCCCCC(CN)Nc1ccc(C)cc1. The first-order valence-electron chi connectivity index (χ1n) is 6.29. The van der Waals surface area contributed by atoms with Crippen LogP contribution >= 0.6 is 0 Å². The zero-order valence-corrected chi connectivity index (χ0v) is 10.5. The molecule has 0 fully saturated rings. The normalized spacial score (nSPS) is 12.4. The Kier molecular flexibility index (Phi) is 5.94. The largest absolute Gasteiger partial charge is 0.381 e. The minimum atomic E-state index is 0.411. The quantitative estimate of drug-likeness (QED) is 0.692. The lowest BCUT2D eigenvalue weighted by Crippen LogP contribution is -2.28. The Balaban J connectivity index is 2.40. The van der Waals surface area contributed by atoms with Gasteiger partial charge in [0.15, 0.2) is 0 Å². The minimum absolute atomic E-state index is 0.411. The molecule has 0 aromatic heterocycles. The maximum absolute atomic E-state index is 5.77. The maximum atomic E-state index is 5.77. The lowest BCUT2D eigenvalue weighted by molar-refractivity contribution is 0.591. The molecule has 0 radical (unpaired) electrons. The molecule has 2 heteroatoms. The number of hydrogen-bond acceptors (Lipinski definition) is 2. The molecule has 0 aliphatic heterocycles. The molecular formula is C14H24N2. The summed E-state index contributed by atoms with van der Waals surface area (Å²) < 4.78 is 0. The molecule has 0 saturated heterocycles. The van der Waals surface area contributed by atoms with Crippen molar-refractivity contribution in [3.63, 3.8) is 0 Å². The van der Waals surface area contributed by atoms with Crippen LogP contribution in [0.5, 0.6) is 0 Å². The number of benzene rings is 1. The first kappa shape index (κ1) is 13.0. The molecular weight excluding hydrogens is 196 g/mol. The summed E-state index contributed by atoms with van der Waals surface area (Å²) in [6, 6.07) is 8.91. The second-order valence-electron chi connectivity index (χ2n) is 4.44. The zero-order chi connectivity index (χ0) is 11.8.